The van der Waals surface area contributed by atoms with Crippen LogP contribution in [-0.4, -0.2) is 26.4 Å². The lowest BCUT2D eigenvalue weighted by atomic mass is 9.84. The van der Waals surface area contributed by atoms with E-state index >= 15 is 0 Å². The van der Waals surface area contributed by atoms with Gasteiger partial charge in [0.15, 0.2) is 11.5 Å². The summed E-state index contributed by atoms with van der Waals surface area (Å²) in [5.41, 5.74) is 0.859. The Morgan fingerprint density at radius 1 is 1.05 bits per heavy atom. The standard InChI is InChI=1S/C16H22Cl2O3/c1-8-9(2)21-10(3)15(8)16(18)11-6-13(19-4)14(20-5)7-12(11)17/h6-10,15-16H,1-5H3. The first-order valence-corrected chi connectivity index (χ1v) is 7.93. The average Bonchev–Trinajstić information content (AvgIpc) is 2.71. The van der Waals surface area contributed by atoms with E-state index in [4.69, 9.17) is 37.4 Å². The van der Waals surface area contributed by atoms with Gasteiger partial charge in [0.2, 0.25) is 0 Å². The quantitative estimate of drug-likeness (QED) is 0.748. The van der Waals surface area contributed by atoms with Gasteiger partial charge in [0, 0.05) is 17.0 Å². The zero-order chi connectivity index (χ0) is 15.7. The molecule has 5 unspecified atom stereocenters. The van der Waals surface area contributed by atoms with Gasteiger partial charge in [-0.3, -0.25) is 0 Å². The van der Waals surface area contributed by atoms with Crippen LogP contribution in [0.1, 0.15) is 31.7 Å². The molecule has 1 saturated heterocycles. The lowest BCUT2D eigenvalue weighted by Gasteiger charge is -2.25. The Hall–Kier alpha value is -0.640. The Labute approximate surface area is 136 Å². The minimum Gasteiger partial charge on any atom is -0.493 e. The molecule has 1 fully saturated rings. The van der Waals surface area contributed by atoms with Gasteiger partial charge in [-0.05, 0) is 31.4 Å². The van der Waals surface area contributed by atoms with Crippen molar-refractivity contribution in [2.75, 3.05) is 14.2 Å². The molecule has 0 spiro atoms. The predicted molar refractivity (Wildman–Crippen MR) is 85.8 cm³/mol. The second kappa shape index (κ2) is 6.64. The van der Waals surface area contributed by atoms with Crippen molar-refractivity contribution in [3.8, 4) is 11.5 Å². The summed E-state index contributed by atoms with van der Waals surface area (Å²) in [6.45, 7) is 6.32. The molecule has 1 heterocycles. The number of methoxy groups -OCH3 is 2. The van der Waals surface area contributed by atoms with Crippen LogP contribution >= 0.6 is 23.2 Å². The van der Waals surface area contributed by atoms with E-state index < -0.39 is 0 Å². The van der Waals surface area contributed by atoms with Crippen LogP contribution in [0.2, 0.25) is 5.02 Å². The minimum atomic E-state index is -0.229. The molecule has 0 saturated carbocycles. The average molecular weight is 333 g/mol. The van der Waals surface area contributed by atoms with Crippen LogP contribution < -0.4 is 9.47 Å². The normalized spacial score (nSPS) is 30.2. The number of halogens is 2. The van der Waals surface area contributed by atoms with Gasteiger partial charge in [-0.15, -0.1) is 11.6 Å². The Morgan fingerprint density at radius 3 is 2.10 bits per heavy atom. The van der Waals surface area contributed by atoms with Crippen molar-refractivity contribution in [2.24, 2.45) is 11.8 Å². The van der Waals surface area contributed by atoms with Crippen molar-refractivity contribution < 1.29 is 14.2 Å². The first-order chi connectivity index (χ1) is 9.90. The van der Waals surface area contributed by atoms with E-state index in [-0.39, 0.29) is 23.5 Å². The summed E-state index contributed by atoms with van der Waals surface area (Å²) in [6, 6.07) is 3.61. The molecule has 1 aromatic rings. The Balaban J connectivity index is 2.37. The molecule has 0 bridgehead atoms. The third kappa shape index (κ3) is 3.10. The SMILES string of the molecule is COc1cc(Cl)c(C(Cl)C2C(C)OC(C)C2C)cc1OC. The fraction of sp³-hybridized carbons (Fsp3) is 0.625. The molecule has 5 atom stereocenters. The van der Waals surface area contributed by atoms with Gasteiger partial charge in [-0.25, -0.2) is 0 Å². The third-order valence-electron chi connectivity index (χ3n) is 4.46. The monoisotopic (exact) mass is 332 g/mol. The van der Waals surface area contributed by atoms with Gasteiger partial charge in [-0.1, -0.05) is 18.5 Å². The molecule has 0 amide bonds. The van der Waals surface area contributed by atoms with Crippen molar-refractivity contribution in [1.82, 2.24) is 0 Å². The number of hydrogen-bond donors (Lipinski definition) is 0. The maximum atomic E-state index is 6.74. The van der Waals surface area contributed by atoms with E-state index in [1.54, 1.807) is 20.3 Å². The van der Waals surface area contributed by atoms with Gasteiger partial charge >= 0.3 is 0 Å². The molecule has 0 N–H and O–H groups in total. The highest BCUT2D eigenvalue weighted by atomic mass is 35.5. The first-order valence-electron chi connectivity index (χ1n) is 7.11. The summed E-state index contributed by atoms with van der Waals surface area (Å²) in [6.07, 6.45) is 0.298. The smallest absolute Gasteiger partial charge is 0.162 e. The fourth-order valence-electron chi connectivity index (χ4n) is 3.09. The maximum absolute atomic E-state index is 6.74. The zero-order valence-electron chi connectivity index (χ0n) is 13.0. The maximum Gasteiger partial charge on any atom is 0.162 e. The van der Waals surface area contributed by atoms with Crippen molar-refractivity contribution >= 4 is 23.2 Å². The summed E-state index contributed by atoms with van der Waals surface area (Å²) in [5.74, 6) is 1.81. The number of benzene rings is 1. The highest BCUT2D eigenvalue weighted by Gasteiger charge is 2.42. The summed E-state index contributed by atoms with van der Waals surface area (Å²) < 4.78 is 16.5. The van der Waals surface area contributed by atoms with Crippen LogP contribution in [0.25, 0.3) is 0 Å². The predicted octanol–water partition coefficient (Wildman–Crippen LogP) is 4.70. The topological polar surface area (TPSA) is 27.7 Å². The molecular formula is C16H22Cl2O3. The van der Waals surface area contributed by atoms with Crippen LogP contribution in [0.3, 0.4) is 0 Å². The van der Waals surface area contributed by atoms with E-state index in [0.717, 1.165) is 5.56 Å². The molecule has 0 radical (unpaired) electrons. The van der Waals surface area contributed by atoms with E-state index in [2.05, 4.69) is 20.8 Å². The minimum absolute atomic E-state index is 0.0988. The molecule has 1 aliphatic heterocycles. The van der Waals surface area contributed by atoms with Crippen LogP contribution in [0.15, 0.2) is 12.1 Å². The highest BCUT2D eigenvalue weighted by Crippen LogP contribution is 2.47. The van der Waals surface area contributed by atoms with Gasteiger partial charge in [0.25, 0.3) is 0 Å². The van der Waals surface area contributed by atoms with Crippen molar-refractivity contribution in [1.29, 1.82) is 0 Å². The van der Waals surface area contributed by atoms with Crippen LogP contribution in [0.4, 0.5) is 0 Å². The Bertz CT molecular complexity index is 507. The molecule has 118 valence electrons. The van der Waals surface area contributed by atoms with Crippen LogP contribution in [0.5, 0.6) is 11.5 Å². The van der Waals surface area contributed by atoms with E-state index in [9.17, 15) is 0 Å². The second-order valence-electron chi connectivity index (χ2n) is 5.61. The van der Waals surface area contributed by atoms with Crippen molar-refractivity contribution in [3.05, 3.63) is 22.7 Å². The molecule has 21 heavy (non-hydrogen) atoms. The lowest BCUT2D eigenvalue weighted by molar-refractivity contribution is 0.0508. The molecule has 1 aliphatic rings. The lowest BCUT2D eigenvalue weighted by Crippen LogP contribution is -2.22. The molecule has 2 rings (SSSR count). The number of hydrogen-bond acceptors (Lipinski definition) is 3. The number of ether oxygens (including phenoxy) is 3. The Kier molecular flexibility index (Phi) is 5.29. The highest BCUT2D eigenvalue weighted by molar-refractivity contribution is 6.33. The van der Waals surface area contributed by atoms with Gasteiger partial charge < -0.3 is 14.2 Å². The molecule has 5 heteroatoms. The summed E-state index contributed by atoms with van der Waals surface area (Å²) >= 11 is 13.1. The van der Waals surface area contributed by atoms with E-state index in [0.29, 0.717) is 22.4 Å². The van der Waals surface area contributed by atoms with Crippen LogP contribution in [0, 0.1) is 11.8 Å². The van der Waals surface area contributed by atoms with Gasteiger partial charge in [0.05, 0.1) is 31.8 Å². The first kappa shape index (κ1) is 16.7. The molecule has 3 nitrogen and oxygen atoms in total. The van der Waals surface area contributed by atoms with E-state index in [1.807, 2.05) is 6.07 Å². The second-order valence-corrected chi connectivity index (χ2v) is 6.49. The summed E-state index contributed by atoms with van der Waals surface area (Å²) in [7, 11) is 3.19. The largest absolute Gasteiger partial charge is 0.493 e. The third-order valence-corrected chi connectivity index (χ3v) is 5.31. The molecule has 1 aromatic carbocycles. The molecule has 0 aromatic heterocycles. The van der Waals surface area contributed by atoms with Crippen molar-refractivity contribution in [3.63, 3.8) is 0 Å². The Morgan fingerprint density at radius 2 is 1.62 bits per heavy atom. The fourth-order valence-corrected chi connectivity index (χ4v) is 4.03. The number of alkyl halides is 1. The van der Waals surface area contributed by atoms with Crippen molar-refractivity contribution in [2.45, 2.75) is 38.4 Å². The van der Waals surface area contributed by atoms with Gasteiger partial charge in [-0.2, -0.15) is 0 Å². The summed E-state index contributed by atoms with van der Waals surface area (Å²) in [5, 5.41) is 0.360. The van der Waals surface area contributed by atoms with Gasteiger partial charge in [0.1, 0.15) is 0 Å². The molecular weight excluding hydrogens is 311 g/mol. The van der Waals surface area contributed by atoms with E-state index in [1.165, 1.54) is 0 Å². The summed E-state index contributed by atoms with van der Waals surface area (Å²) in [4.78, 5) is 0. The van der Waals surface area contributed by atoms with Crippen LogP contribution in [-0.2, 0) is 4.74 Å². The number of rotatable bonds is 4. The molecule has 0 aliphatic carbocycles. The zero-order valence-corrected chi connectivity index (χ0v) is 14.5.